The second kappa shape index (κ2) is 8.96. The number of ether oxygens (including phenoxy) is 1. The van der Waals surface area contributed by atoms with E-state index in [1.807, 2.05) is 31.2 Å². The summed E-state index contributed by atoms with van der Waals surface area (Å²) in [5.74, 6) is 0.620. The summed E-state index contributed by atoms with van der Waals surface area (Å²) < 4.78 is 5.79. The zero-order valence-corrected chi connectivity index (χ0v) is 13.8. The molecule has 0 heterocycles. The second-order valence-corrected chi connectivity index (χ2v) is 5.42. The number of rotatable bonds is 8. The van der Waals surface area contributed by atoms with Crippen molar-refractivity contribution in [1.82, 2.24) is 10.6 Å². The third-order valence-electron chi connectivity index (χ3n) is 3.42. The Morgan fingerprint density at radius 2 is 1.91 bits per heavy atom. The Morgan fingerprint density at radius 1 is 1.09 bits per heavy atom. The van der Waals surface area contributed by atoms with Crippen molar-refractivity contribution >= 4 is 5.91 Å². The number of hydrogen-bond donors (Lipinski definition) is 2. The van der Waals surface area contributed by atoms with Crippen LogP contribution in [0.25, 0.3) is 0 Å². The number of aryl methyl sites for hydroxylation is 1. The Labute approximate surface area is 137 Å². The van der Waals surface area contributed by atoms with Crippen LogP contribution in [0.5, 0.6) is 5.75 Å². The van der Waals surface area contributed by atoms with E-state index >= 15 is 0 Å². The Morgan fingerprint density at radius 3 is 2.70 bits per heavy atom. The van der Waals surface area contributed by atoms with Crippen LogP contribution in [0.3, 0.4) is 0 Å². The average Bonchev–Trinajstić information content (AvgIpc) is 2.57. The van der Waals surface area contributed by atoms with E-state index < -0.39 is 0 Å². The van der Waals surface area contributed by atoms with Gasteiger partial charge in [0, 0.05) is 18.7 Å². The third kappa shape index (κ3) is 5.75. The molecule has 1 amide bonds. The van der Waals surface area contributed by atoms with Gasteiger partial charge in [0.15, 0.2) is 0 Å². The number of carbonyl (C=O) groups excluding carboxylic acids is 1. The predicted molar refractivity (Wildman–Crippen MR) is 92.8 cm³/mol. The Bertz CT molecular complexity index is 641. The highest BCUT2D eigenvalue weighted by molar-refractivity contribution is 5.94. The largest absolute Gasteiger partial charge is 0.489 e. The molecule has 2 N–H and O–H groups in total. The molecule has 23 heavy (non-hydrogen) atoms. The minimum Gasteiger partial charge on any atom is -0.489 e. The Kier molecular flexibility index (Phi) is 6.63. The number of hydrogen-bond acceptors (Lipinski definition) is 3. The van der Waals surface area contributed by atoms with Crippen molar-refractivity contribution in [2.75, 3.05) is 19.6 Å². The summed E-state index contributed by atoms with van der Waals surface area (Å²) in [7, 11) is 0. The van der Waals surface area contributed by atoms with Gasteiger partial charge < -0.3 is 15.4 Å². The molecule has 0 radical (unpaired) electrons. The molecule has 0 saturated heterocycles. The van der Waals surface area contributed by atoms with Crippen molar-refractivity contribution in [2.24, 2.45) is 0 Å². The number of nitrogens with one attached hydrogen (secondary N) is 2. The molecular weight excluding hydrogens is 288 g/mol. The van der Waals surface area contributed by atoms with Gasteiger partial charge in [-0.05, 0) is 37.2 Å². The number of benzene rings is 2. The summed E-state index contributed by atoms with van der Waals surface area (Å²) in [4.78, 5) is 12.1. The Hall–Kier alpha value is -2.33. The number of amides is 1. The Balaban J connectivity index is 1.90. The van der Waals surface area contributed by atoms with Crippen molar-refractivity contribution in [3.8, 4) is 5.75 Å². The lowest BCUT2D eigenvalue weighted by molar-refractivity contribution is 0.0953. The zero-order valence-electron chi connectivity index (χ0n) is 13.8. The van der Waals surface area contributed by atoms with E-state index in [4.69, 9.17) is 4.74 Å². The number of likely N-dealkylation sites (N-methyl/N-ethyl adjacent to an activating group) is 1. The fraction of sp³-hybridized carbons (Fsp3) is 0.316. The first-order valence-corrected chi connectivity index (χ1v) is 7.96. The van der Waals surface area contributed by atoms with Crippen molar-refractivity contribution in [3.63, 3.8) is 0 Å². The van der Waals surface area contributed by atoms with Gasteiger partial charge in [0.05, 0.1) is 0 Å². The second-order valence-electron chi connectivity index (χ2n) is 5.42. The molecule has 0 aliphatic heterocycles. The van der Waals surface area contributed by atoms with Gasteiger partial charge >= 0.3 is 0 Å². The first kappa shape index (κ1) is 17.0. The molecule has 0 saturated carbocycles. The van der Waals surface area contributed by atoms with Crippen LogP contribution in [-0.4, -0.2) is 25.5 Å². The molecule has 0 aliphatic rings. The fourth-order valence-electron chi connectivity index (χ4n) is 2.24. The molecule has 2 rings (SSSR count). The maximum atomic E-state index is 12.1. The highest BCUT2D eigenvalue weighted by Crippen LogP contribution is 2.15. The molecule has 4 nitrogen and oxygen atoms in total. The van der Waals surface area contributed by atoms with Gasteiger partial charge in [-0.15, -0.1) is 0 Å². The maximum absolute atomic E-state index is 12.1. The molecule has 0 bridgehead atoms. The molecule has 122 valence electrons. The standard InChI is InChI=1S/C19H24N2O2/c1-3-20-10-11-21-19(22)17-8-5-9-18(13-17)23-14-16-7-4-6-15(2)12-16/h4-9,12-13,20H,3,10-11,14H2,1-2H3,(H,21,22). The average molecular weight is 312 g/mol. The third-order valence-corrected chi connectivity index (χ3v) is 3.42. The lowest BCUT2D eigenvalue weighted by Gasteiger charge is -2.09. The SMILES string of the molecule is CCNCCNC(=O)c1cccc(OCc2cccc(C)c2)c1. The summed E-state index contributed by atoms with van der Waals surface area (Å²) >= 11 is 0. The van der Waals surface area contributed by atoms with E-state index in [0.29, 0.717) is 24.5 Å². The first-order valence-electron chi connectivity index (χ1n) is 7.96. The molecule has 0 fully saturated rings. The highest BCUT2D eigenvalue weighted by Gasteiger charge is 2.06. The zero-order chi connectivity index (χ0) is 16.5. The van der Waals surface area contributed by atoms with Crippen LogP contribution in [-0.2, 0) is 6.61 Å². The first-order chi connectivity index (χ1) is 11.2. The van der Waals surface area contributed by atoms with Gasteiger partial charge in [-0.25, -0.2) is 0 Å². The van der Waals surface area contributed by atoms with Crippen LogP contribution < -0.4 is 15.4 Å². The van der Waals surface area contributed by atoms with Gasteiger partial charge in [0.25, 0.3) is 5.91 Å². The van der Waals surface area contributed by atoms with E-state index in [0.717, 1.165) is 18.7 Å². The smallest absolute Gasteiger partial charge is 0.251 e. The summed E-state index contributed by atoms with van der Waals surface area (Å²) in [6.07, 6.45) is 0. The van der Waals surface area contributed by atoms with Crippen LogP contribution >= 0.6 is 0 Å². The van der Waals surface area contributed by atoms with Gasteiger partial charge in [-0.2, -0.15) is 0 Å². The van der Waals surface area contributed by atoms with Gasteiger partial charge in [-0.1, -0.05) is 42.8 Å². The van der Waals surface area contributed by atoms with Gasteiger partial charge in [0.1, 0.15) is 12.4 Å². The predicted octanol–water partition coefficient (Wildman–Crippen LogP) is 2.91. The minimum absolute atomic E-state index is 0.0797. The number of carbonyl (C=O) groups is 1. The van der Waals surface area contributed by atoms with E-state index in [1.165, 1.54) is 5.56 Å². The van der Waals surface area contributed by atoms with Gasteiger partial charge in [-0.3, -0.25) is 4.79 Å². The lowest BCUT2D eigenvalue weighted by atomic mass is 10.1. The van der Waals surface area contributed by atoms with Crippen LogP contribution in [0.1, 0.15) is 28.4 Å². The van der Waals surface area contributed by atoms with Crippen LogP contribution in [0.4, 0.5) is 0 Å². The highest BCUT2D eigenvalue weighted by atomic mass is 16.5. The van der Waals surface area contributed by atoms with Crippen molar-refractivity contribution in [3.05, 3.63) is 65.2 Å². The van der Waals surface area contributed by atoms with Crippen molar-refractivity contribution in [1.29, 1.82) is 0 Å². The molecular formula is C19H24N2O2. The van der Waals surface area contributed by atoms with E-state index in [2.05, 4.69) is 29.7 Å². The lowest BCUT2D eigenvalue weighted by Crippen LogP contribution is -2.31. The van der Waals surface area contributed by atoms with Gasteiger partial charge in [0.2, 0.25) is 0 Å². The fourth-order valence-corrected chi connectivity index (χ4v) is 2.24. The molecule has 0 aliphatic carbocycles. The topological polar surface area (TPSA) is 50.4 Å². The quantitative estimate of drug-likeness (QED) is 0.737. The minimum atomic E-state index is -0.0797. The summed E-state index contributed by atoms with van der Waals surface area (Å²) in [6, 6.07) is 15.5. The maximum Gasteiger partial charge on any atom is 0.251 e. The van der Waals surface area contributed by atoms with E-state index in [-0.39, 0.29) is 5.91 Å². The molecule has 0 spiro atoms. The molecule has 2 aromatic rings. The van der Waals surface area contributed by atoms with Crippen molar-refractivity contribution in [2.45, 2.75) is 20.5 Å². The van der Waals surface area contributed by atoms with Crippen LogP contribution in [0.2, 0.25) is 0 Å². The molecule has 4 heteroatoms. The molecule has 0 atom stereocenters. The van der Waals surface area contributed by atoms with E-state index in [9.17, 15) is 4.79 Å². The molecule has 2 aromatic carbocycles. The molecule has 0 aromatic heterocycles. The normalized spacial score (nSPS) is 10.3. The summed E-state index contributed by atoms with van der Waals surface area (Å²) in [5, 5.41) is 6.06. The van der Waals surface area contributed by atoms with Crippen LogP contribution in [0.15, 0.2) is 48.5 Å². The van der Waals surface area contributed by atoms with E-state index in [1.54, 1.807) is 12.1 Å². The summed E-state index contributed by atoms with van der Waals surface area (Å²) in [5.41, 5.74) is 2.94. The summed E-state index contributed by atoms with van der Waals surface area (Å²) in [6.45, 7) is 6.87. The monoisotopic (exact) mass is 312 g/mol. The van der Waals surface area contributed by atoms with Crippen molar-refractivity contribution < 1.29 is 9.53 Å². The van der Waals surface area contributed by atoms with Crippen LogP contribution in [0, 0.1) is 6.92 Å². The molecule has 0 unspecified atom stereocenters.